The van der Waals surface area contributed by atoms with Crippen molar-refractivity contribution in [2.75, 3.05) is 11.9 Å². The maximum Gasteiger partial charge on any atom is 0.0745 e. The zero-order chi connectivity index (χ0) is 15.2. The molecule has 0 bridgehead atoms. The van der Waals surface area contributed by atoms with Crippen LogP contribution in [0.25, 0.3) is 0 Å². The molecule has 2 N–H and O–H groups in total. The molecule has 2 rings (SSSR count). The predicted molar refractivity (Wildman–Crippen MR) is 89.6 cm³/mol. The Balaban J connectivity index is 2.12. The van der Waals surface area contributed by atoms with E-state index in [1.807, 2.05) is 18.2 Å². The van der Waals surface area contributed by atoms with Crippen molar-refractivity contribution >= 4 is 5.69 Å². The maximum atomic E-state index is 9.68. The largest absolute Gasteiger partial charge is 0.394 e. The molecule has 1 unspecified atom stereocenters. The molecule has 0 fully saturated rings. The van der Waals surface area contributed by atoms with Gasteiger partial charge in [0, 0.05) is 5.69 Å². The van der Waals surface area contributed by atoms with Gasteiger partial charge in [0.25, 0.3) is 0 Å². The van der Waals surface area contributed by atoms with Crippen LogP contribution in [-0.2, 0) is 6.42 Å². The van der Waals surface area contributed by atoms with Gasteiger partial charge in [0.15, 0.2) is 0 Å². The quantitative estimate of drug-likeness (QED) is 0.826. The van der Waals surface area contributed by atoms with Gasteiger partial charge in [-0.1, -0.05) is 56.3 Å². The Morgan fingerprint density at radius 1 is 1.00 bits per heavy atom. The van der Waals surface area contributed by atoms with Crippen LogP contribution >= 0.6 is 0 Å². The summed E-state index contributed by atoms with van der Waals surface area (Å²) in [5, 5.41) is 13.1. The molecule has 0 amide bonds. The summed E-state index contributed by atoms with van der Waals surface area (Å²) in [6.07, 6.45) is 1.09. The van der Waals surface area contributed by atoms with E-state index in [0.29, 0.717) is 5.92 Å². The topological polar surface area (TPSA) is 32.3 Å². The third-order valence-corrected chi connectivity index (χ3v) is 3.68. The van der Waals surface area contributed by atoms with Crippen molar-refractivity contribution in [3.8, 4) is 0 Å². The highest BCUT2D eigenvalue weighted by molar-refractivity contribution is 5.52. The smallest absolute Gasteiger partial charge is 0.0745 e. The zero-order valence-corrected chi connectivity index (χ0v) is 13.1. The van der Waals surface area contributed by atoms with E-state index < -0.39 is 0 Å². The van der Waals surface area contributed by atoms with E-state index in [4.69, 9.17) is 0 Å². The predicted octanol–water partition coefficient (Wildman–Crippen LogP) is 4.34. The van der Waals surface area contributed by atoms with Crippen LogP contribution in [0, 0.1) is 12.8 Å². The lowest BCUT2D eigenvalue weighted by Crippen LogP contribution is -2.15. The van der Waals surface area contributed by atoms with Crippen LogP contribution in [0.3, 0.4) is 0 Å². The zero-order valence-electron chi connectivity index (χ0n) is 13.1. The lowest BCUT2D eigenvalue weighted by molar-refractivity contribution is 0.276. The Hall–Kier alpha value is -1.80. The molecule has 112 valence electrons. The van der Waals surface area contributed by atoms with Crippen molar-refractivity contribution in [3.05, 3.63) is 65.2 Å². The monoisotopic (exact) mass is 283 g/mol. The van der Waals surface area contributed by atoms with Crippen LogP contribution in [0.2, 0.25) is 0 Å². The Labute approximate surface area is 127 Å². The first-order valence-corrected chi connectivity index (χ1v) is 7.62. The van der Waals surface area contributed by atoms with Gasteiger partial charge in [-0.15, -0.1) is 0 Å². The molecule has 2 aromatic carbocycles. The Bertz CT molecular complexity index is 560. The van der Waals surface area contributed by atoms with Crippen molar-refractivity contribution < 1.29 is 5.11 Å². The molecular weight excluding hydrogens is 258 g/mol. The van der Waals surface area contributed by atoms with E-state index in [2.05, 4.69) is 56.4 Å². The summed E-state index contributed by atoms with van der Waals surface area (Å²) in [7, 11) is 0. The fraction of sp³-hybridized carbons (Fsp3) is 0.368. The number of rotatable bonds is 6. The number of aliphatic hydroxyl groups excluding tert-OH is 1. The fourth-order valence-electron chi connectivity index (χ4n) is 2.51. The summed E-state index contributed by atoms with van der Waals surface area (Å²) < 4.78 is 0. The molecule has 0 aliphatic carbocycles. The van der Waals surface area contributed by atoms with Gasteiger partial charge in [0.1, 0.15) is 0 Å². The number of para-hydroxylation sites is 1. The second-order valence-corrected chi connectivity index (χ2v) is 6.03. The minimum atomic E-state index is -0.0702. The van der Waals surface area contributed by atoms with Crippen LogP contribution in [-0.4, -0.2) is 11.7 Å². The molecular formula is C19H25NO. The molecule has 0 saturated carbocycles. The summed E-state index contributed by atoms with van der Waals surface area (Å²) in [5.41, 5.74) is 4.73. The standard InChI is InChI=1S/C19H25NO/c1-14(2)12-16-8-10-17(11-9-16)19(13-21)20-18-7-5-4-6-15(18)3/h4-11,14,19-21H,12-13H2,1-3H3. The average molecular weight is 283 g/mol. The SMILES string of the molecule is Cc1ccccc1NC(CO)c1ccc(CC(C)C)cc1. The third-order valence-electron chi connectivity index (χ3n) is 3.68. The van der Waals surface area contributed by atoms with Gasteiger partial charge in [-0.3, -0.25) is 0 Å². The van der Waals surface area contributed by atoms with Gasteiger partial charge in [-0.2, -0.15) is 0 Å². The minimum absolute atomic E-state index is 0.0702. The number of aryl methyl sites for hydroxylation is 1. The van der Waals surface area contributed by atoms with Crippen LogP contribution in [0.15, 0.2) is 48.5 Å². The molecule has 0 aromatic heterocycles. The van der Waals surface area contributed by atoms with Gasteiger partial charge in [-0.05, 0) is 42.0 Å². The number of hydrogen-bond donors (Lipinski definition) is 2. The molecule has 0 spiro atoms. The molecule has 0 heterocycles. The van der Waals surface area contributed by atoms with Gasteiger partial charge in [-0.25, -0.2) is 0 Å². The van der Waals surface area contributed by atoms with Crippen LogP contribution in [0.5, 0.6) is 0 Å². The van der Waals surface area contributed by atoms with Crippen molar-refractivity contribution in [2.45, 2.75) is 33.2 Å². The molecule has 0 aliphatic rings. The number of aliphatic hydroxyl groups is 1. The molecule has 2 nitrogen and oxygen atoms in total. The first-order valence-electron chi connectivity index (χ1n) is 7.62. The summed E-state index contributed by atoms with van der Waals surface area (Å²) in [4.78, 5) is 0. The van der Waals surface area contributed by atoms with E-state index in [-0.39, 0.29) is 12.6 Å². The normalized spacial score (nSPS) is 12.4. The van der Waals surface area contributed by atoms with E-state index in [1.165, 1.54) is 11.1 Å². The van der Waals surface area contributed by atoms with Crippen molar-refractivity contribution in [1.82, 2.24) is 0 Å². The fourth-order valence-corrected chi connectivity index (χ4v) is 2.51. The molecule has 2 aromatic rings. The van der Waals surface area contributed by atoms with Crippen molar-refractivity contribution in [3.63, 3.8) is 0 Å². The average Bonchev–Trinajstić information content (AvgIpc) is 2.47. The molecule has 21 heavy (non-hydrogen) atoms. The molecule has 1 atom stereocenters. The summed E-state index contributed by atoms with van der Waals surface area (Å²) in [6, 6.07) is 16.6. The highest BCUT2D eigenvalue weighted by Gasteiger charge is 2.11. The maximum absolute atomic E-state index is 9.68. The second kappa shape index (κ2) is 7.28. The first-order chi connectivity index (χ1) is 10.1. The highest BCUT2D eigenvalue weighted by atomic mass is 16.3. The first kappa shape index (κ1) is 15.6. The summed E-state index contributed by atoms with van der Waals surface area (Å²) in [6.45, 7) is 6.61. The van der Waals surface area contributed by atoms with Gasteiger partial charge < -0.3 is 10.4 Å². The van der Waals surface area contributed by atoms with Crippen LogP contribution in [0.4, 0.5) is 5.69 Å². The van der Waals surface area contributed by atoms with Crippen molar-refractivity contribution in [2.24, 2.45) is 5.92 Å². The van der Waals surface area contributed by atoms with E-state index in [1.54, 1.807) is 0 Å². The van der Waals surface area contributed by atoms with E-state index >= 15 is 0 Å². The highest BCUT2D eigenvalue weighted by Crippen LogP contribution is 2.22. The van der Waals surface area contributed by atoms with E-state index in [0.717, 1.165) is 17.7 Å². The Morgan fingerprint density at radius 3 is 2.24 bits per heavy atom. The van der Waals surface area contributed by atoms with Gasteiger partial charge >= 0.3 is 0 Å². The molecule has 0 aliphatic heterocycles. The second-order valence-electron chi connectivity index (χ2n) is 6.03. The van der Waals surface area contributed by atoms with Crippen LogP contribution < -0.4 is 5.32 Å². The number of hydrogen-bond acceptors (Lipinski definition) is 2. The summed E-state index contributed by atoms with van der Waals surface area (Å²) in [5.74, 6) is 0.662. The number of benzene rings is 2. The van der Waals surface area contributed by atoms with E-state index in [9.17, 15) is 5.11 Å². The Kier molecular flexibility index (Phi) is 5.40. The lowest BCUT2D eigenvalue weighted by Gasteiger charge is -2.20. The molecule has 0 radical (unpaired) electrons. The number of anilines is 1. The molecule has 2 heteroatoms. The van der Waals surface area contributed by atoms with Gasteiger partial charge in [0.2, 0.25) is 0 Å². The Morgan fingerprint density at radius 2 is 1.67 bits per heavy atom. The van der Waals surface area contributed by atoms with Crippen molar-refractivity contribution in [1.29, 1.82) is 0 Å². The van der Waals surface area contributed by atoms with Crippen LogP contribution in [0.1, 0.15) is 36.6 Å². The third kappa shape index (κ3) is 4.33. The summed E-state index contributed by atoms with van der Waals surface area (Å²) >= 11 is 0. The lowest BCUT2D eigenvalue weighted by atomic mass is 9.99. The minimum Gasteiger partial charge on any atom is -0.394 e. The number of nitrogens with one attached hydrogen (secondary N) is 1. The molecule has 0 saturated heterocycles. The van der Waals surface area contributed by atoms with Gasteiger partial charge in [0.05, 0.1) is 12.6 Å².